The van der Waals surface area contributed by atoms with E-state index in [-0.39, 0.29) is 17.3 Å². The number of carbonyl (C=O) groups is 2. The first-order valence-electron chi connectivity index (χ1n) is 8.00. The molecule has 6 nitrogen and oxygen atoms in total. The molecule has 144 valence electrons. The molecule has 0 saturated carbocycles. The van der Waals surface area contributed by atoms with Crippen molar-refractivity contribution in [3.63, 3.8) is 0 Å². The van der Waals surface area contributed by atoms with Crippen LogP contribution in [0.3, 0.4) is 0 Å². The summed E-state index contributed by atoms with van der Waals surface area (Å²) in [5.74, 6) is -2.40. The zero-order valence-corrected chi connectivity index (χ0v) is 16.2. The maximum atomic E-state index is 13.5. The number of aromatic nitrogens is 2. The van der Waals surface area contributed by atoms with E-state index in [1.54, 1.807) is 18.2 Å². The molecule has 0 radical (unpaired) electrons. The van der Waals surface area contributed by atoms with E-state index in [0.717, 1.165) is 40.8 Å². The van der Waals surface area contributed by atoms with E-state index in [0.29, 0.717) is 21.1 Å². The van der Waals surface area contributed by atoms with Crippen molar-refractivity contribution in [2.24, 2.45) is 0 Å². The van der Waals surface area contributed by atoms with Crippen LogP contribution in [0.1, 0.15) is 15.9 Å². The highest BCUT2D eigenvalue weighted by Gasteiger charge is 2.13. The van der Waals surface area contributed by atoms with Gasteiger partial charge in [0.2, 0.25) is 11.0 Å². The summed E-state index contributed by atoms with van der Waals surface area (Å²) in [5, 5.41) is 13.1. The summed E-state index contributed by atoms with van der Waals surface area (Å²) in [6.07, 6.45) is 0. The molecule has 1 heterocycles. The van der Waals surface area contributed by atoms with Crippen molar-refractivity contribution in [1.29, 1.82) is 0 Å². The summed E-state index contributed by atoms with van der Waals surface area (Å²) in [5.41, 5.74) is 1.37. The smallest absolute Gasteiger partial charge is 0.257 e. The Hall–Kier alpha value is -2.85. The summed E-state index contributed by atoms with van der Waals surface area (Å²) >= 11 is 2.21. The SMILES string of the molecule is Cc1cccc(C(=O)Nc2nnc(SCC(=O)Nc3ccc(F)cc3F)s2)c1. The number of thioether (sulfide) groups is 1. The molecule has 3 rings (SSSR count). The average Bonchev–Trinajstić information content (AvgIpc) is 3.10. The van der Waals surface area contributed by atoms with Gasteiger partial charge in [0.05, 0.1) is 11.4 Å². The van der Waals surface area contributed by atoms with E-state index in [9.17, 15) is 18.4 Å². The minimum atomic E-state index is -0.851. The molecule has 0 bridgehead atoms. The summed E-state index contributed by atoms with van der Waals surface area (Å²) in [7, 11) is 0. The van der Waals surface area contributed by atoms with E-state index >= 15 is 0 Å². The third kappa shape index (κ3) is 5.33. The molecule has 0 spiro atoms. The fourth-order valence-electron chi connectivity index (χ4n) is 2.18. The number of amides is 2. The van der Waals surface area contributed by atoms with Crippen LogP contribution in [0.15, 0.2) is 46.8 Å². The third-order valence-electron chi connectivity index (χ3n) is 3.44. The first-order chi connectivity index (χ1) is 13.4. The Balaban J connectivity index is 1.53. The Bertz CT molecular complexity index is 1030. The normalized spacial score (nSPS) is 10.5. The third-order valence-corrected chi connectivity index (χ3v) is 5.41. The maximum absolute atomic E-state index is 13.5. The van der Waals surface area contributed by atoms with Crippen LogP contribution >= 0.6 is 23.1 Å². The van der Waals surface area contributed by atoms with E-state index in [1.165, 1.54) is 0 Å². The van der Waals surface area contributed by atoms with E-state index in [4.69, 9.17) is 0 Å². The van der Waals surface area contributed by atoms with Crippen molar-refractivity contribution in [3.05, 3.63) is 65.2 Å². The number of nitrogens with one attached hydrogen (secondary N) is 2. The van der Waals surface area contributed by atoms with Crippen molar-refractivity contribution in [1.82, 2.24) is 10.2 Å². The van der Waals surface area contributed by atoms with Crippen LogP contribution in [0.25, 0.3) is 0 Å². The molecule has 0 aliphatic carbocycles. The number of benzene rings is 2. The fourth-order valence-corrected chi connectivity index (χ4v) is 3.73. The molecule has 0 aliphatic heterocycles. The molecule has 0 aliphatic rings. The Morgan fingerprint density at radius 2 is 1.93 bits per heavy atom. The predicted octanol–water partition coefficient (Wildman–Crippen LogP) is 4.11. The van der Waals surface area contributed by atoms with E-state index in [1.807, 2.05) is 13.0 Å². The quantitative estimate of drug-likeness (QED) is 0.463. The molecule has 0 unspecified atom stereocenters. The van der Waals surface area contributed by atoms with Gasteiger partial charge < -0.3 is 5.32 Å². The molecule has 1 aromatic heterocycles. The molecule has 10 heteroatoms. The van der Waals surface area contributed by atoms with Crippen LogP contribution in [0, 0.1) is 18.6 Å². The lowest BCUT2D eigenvalue weighted by Gasteiger charge is -2.05. The number of anilines is 2. The van der Waals surface area contributed by atoms with Gasteiger partial charge in [0.15, 0.2) is 4.34 Å². The van der Waals surface area contributed by atoms with Gasteiger partial charge >= 0.3 is 0 Å². The molecule has 2 N–H and O–H groups in total. The summed E-state index contributed by atoms with van der Waals surface area (Å²) < 4.78 is 26.9. The zero-order chi connectivity index (χ0) is 20.1. The van der Waals surface area contributed by atoms with Crippen molar-refractivity contribution >= 4 is 45.7 Å². The summed E-state index contributed by atoms with van der Waals surface area (Å²) in [6.45, 7) is 1.89. The van der Waals surface area contributed by atoms with Crippen LogP contribution in [0.2, 0.25) is 0 Å². The van der Waals surface area contributed by atoms with E-state index in [2.05, 4.69) is 20.8 Å². The fraction of sp³-hybridized carbons (Fsp3) is 0.111. The maximum Gasteiger partial charge on any atom is 0.257 e. The first kappa shape index (κ1) is 19.9. The second-order valence-electron chi connectivity index (χ2n) is 5.66. The second kappa shape index (κ2) is 8.89. The van der Waals surface area contributed by atoms with Gasteiger partial charge in [0.1, 0.15) is 11.6 Å². The van der Waals surface area contributed by atoms with Crippen molar-refractivity contribution in [2.75, 3.05) is 16.4 Å². The van der Waals surface area contributed by atoms with Gasteiger partial charge in [0, 0.05) is 11.6 Å². The highest BCUT2D eigenvalue weighted by Crippen LogP contribution is 2.26. The number of carbonyl (C=O) groups excluding carboxylic acids is 2. The highest BCUT2D eigenvalue weighted by atomic mass is 32.2. The van der Waals surface area contributed by atoms with Gasteiger partial charge in [-0.1, -0.05) is 40.8 Å². The Labute approximate surface area is 167 Å². The average molecular weight is 420 g/mol. The zero-order valence-electron chi connectivity index (χ0n) is 14.5. The molecule has 2 amide bonds. The van der Waals surface area contributed by atoms with Crippen LogP contribution in [-0.2, 0) is 4.79 Å². The lowest BCUT2D eigenvalue weighted by atomic mass is 10.1. The van der Waals surface area contributed by atoms with Gasteiger partial charge in [-0.2, -0.15) is 0 Å². The number of nitrogens with zero attached hydrogens (tertiary/aromatic N) is 2. The summed E-state index contributed by atoms with van der Waals surface area (Å²) in [6, 6.07) is 10.0. The summed E-state index contributed by atoms with van der Waals surface area (Å²) in [4.78, 5) is 24.1. The standard InChI is InChI=1S/C18H14F2N4O2S2/c1-10-3-2-4-11(7-10)16(26)22-17-23-24-18(28-17)27-9-15(25)21-14-6-5-12(19)8-13(14)20/h2-8H,9H2,1H3,(H,21,25)(H,22,23,26). The molecule has 0 atom stereocenters. The largest absolute Gasteiger partial charge is 0.323 e. The molecule has 0 fully saturated rings. The van der Waals surface area contributed by atoms with Crippen LogP contribution in [0.5, 0.6) is 0 Å². The second-order valence-corrected chi connectivity index (χ2v) is 7.86. The van der Waals surface area contributed by atoms with Crippen LogP contribution in [0.4, 0.5) is 19.6 Å². The van der Waals surface area contributed by atoms with Gasteiger partial charge in [-0.15, -0.1) is 10.2 Å². The van der Waals surface area contributed by atoms with Crippen molar-refractivity contribution in [3.8, 4) is 0 Å². The van der Waals surface area contributed by atoms with Crippen LogP contribution in [-0.4, -0.2) is 27.8 Å². The number of rotatable bonds is 6. The lowest BCUT2D eigenvalue weighted by molar-refractivity contribution is -0.113. The molecule has 0 saturated heterocycles. The van der Waals surface area contributed by atoms with Crippen LogP contribution < -0.4 is 10.6 Å². The molecule has 3 aromatic rings. The number of aryl methyl sites for hydroxylation is 1. The Morgan fingerprint density at radius 3 is 2.68 bits per heavy atom. The van der Waals surface area contributed by atoms with Gasteiger partial charge in [0.25, 0.3) is 5.91 Å². The minimum absolute atomic E-state index is 0.0444. The molecule has 28 heavy (non-hydrogen) atoms. The topological polar surface area (TPSA) is 84.0 Å². The minimum Gasteiger partial charge on any atom is -0.323 e. The Morgan fingerprint density at radius 1 is 1.11 bits per heavy atom. The molecular weight excluding hydrogens is 406 g/mol. The number of hydrogen-bond donors (Lipinski definition) is 2. The molecule has 2 aromatic carbocycles. The van der Waals surface area contributed by atoms with Crippen molar-refractivity contribution < 1.29 is 18.4 Å². The Kier molecular flexibility index (Phi) is 6.32. The van der Waals surface area contributed by atoms with Gasteiger partial charge in [-0.05, 0) is 31.2 Å². The highest BCUT2D eigenvalue weighted by molar-refractivity contribution is 8.01. The van der Waals surface area contributed by atoms with Gasteiger partial charge in [-0.3, -0.25) is 14.9 Å². The molecular formula is C18H14F2N4O2S2. The first-order valence-corrected chi connectivity index (χ1v) is 9.80. The lowest BCUT2D eigenvalue weighted by Crippen LogP contribution is -2.15. The monoisotopic (exact) mass is 420 g/mol. The van der Waals surface area contributed by atoms with Gasteiger partial charge in [-0.25, -0.2) is 8.78 Å². The predicted molar refractivity (Wildman–Crippen MR) is 105 cm³/mol. The number of halogens is 2. The van der Waals surface area contributed by atoms with E-state index < -0.39 is 17.5 Å². The van der Waals surface area contributed by atoms with Crippen molar-refractivity contribution in [2.45, 2.75) is 11.3 Å². The number of hydrogen-bond acceptors (Lipinski definition) is 6.